The van der Waals surface area contributed by atoms with Crippen molar-refractivity contribution in [3.05, 3.63) is 46.9 Å². The van der Waals surface area contributed by atoms with Gasteiger partial charge >= 0.3 is 12.1 Å². The fourth-order valence-electron chi connectivity index (χ4n) is 5.05. The van der Waals surface area contributed by atoms with Gasteiger partial charge in [0, 0.05) is 36.0 Å². The van der Waals surface area contributed by atoms with Crippen LogP contribution in [0.15, 0.2) is 24.3 Å². The number of benzene rings is 1. The highest BCUT2D eigenvalue weighted by Gasteiger charge is 2.42. The number of rotatable bonds is 5. The summed E-state index contributed by atoms with van der Waals surface area (Å²) in [6.45, 7) is 8.66. The summed E-state index contributed by atoms with van der Waals surface area (Å²) in [4.78, 5) is 18.8. The van der Waals surface area contributed by atoms with Crippen LogP contribution in [-0.4, -0.2) is 38.8 Å². The van der Waals surface area contributed by atoms with Gasteiger partial charge < -0.3 is 10.0 Å². The summed E-state index contributed by atoms with van der Waals surface area (Å²) in [5.41, 5.74) is 0.178. The molecule has 0 unspecified atom stereocenters. The third-order valence-corrected chi connectivity index (χ3v) is 6.96. The molecule has 1 aliphatic heterocycles. The average molecular weight is 493 g/mol. The monoisotopic (exact) mass is 492 g/mol. The molecule has 0 radical (unpaired) electrons. The second-order valence-corrected chi connectivity index (χ2v) is 9.55. The van der Waals surface area contributed by atoms with E-state index in [1.807, 2.05) is 32.6 Å². The Morgan fingerprint density at radius 1 is 1.26 bits per heavy atom. The third-order valence-electron chi connectivity index (χ3n) is 6.96. The molecule has 1 aliphatic rings. The highest BCUT2D eigenvalue weighted by atomic mass is 19.4. The largest absolute Gasteiger partial charge is 0.481 e. The molecular weight excluding hydrogens is 464 g/mol. The van der Waals surface area contributed by atoms with Crippen molar-refractivity contribution in [3.8, 4) is 11.3 Å². The van der Waals surface area contributed by atoms with Crippen molar-refractivity contribution < 1.29 is 27.5 Å². The van der Waals surface area contributed by atoms with Gasteiger partial charge in [0.05, 0.1) is 16.7 Å². The first kappa shape index (κ1) is 24.9. The second kappa shape index (κ2) is 8.80. The van der Waals surface area contributed by atoms with Crippen LogP contribution in [-0.2, 0) is 11.0 Å². The smallest absolute Gasteiger partial charge is 0.416 e. The van der Waals surface area contributed by atoms with Crippen LogP contribution in [0.25, 0.3) is 16.9 Å². The molecule has 6 nitrogen and oxygen atoms in total. The van der Waals surface area contributed by atoms with Crippen LogP contribution in [0.1, 0.15) is 62.8 Å². The number of carbonyl (C=O) groups is 1. The number of fused-ring (bicyclic) bond motifs is 1. The number of carboxylic acids is 1. The Bertz CT molecular complexity index is 1280. The standard InChI is InChI=1S/C25H28F4N4O2/c1-5-24(23(34)35)9-6-10-32(13-24)22-21(14(2)3)15(4)30-20-12-19(31-33(20)22)17-8-7-16(11-18(17)26)25(27,28)29/h7-8,11-12,14H,5-6,9-10,13H2,1-4H3,(H,34,35)/t24-/m1/s1. The molecular formula is C25H28F4N4O2. The van der Waals surface area contributed by atoms with Gasteiger partial charge in [-0.05, 0) is 50.3 Å². The maximum atomic E-state index is 14.7. The molecule has 3 heterocycles. The summed E-state index contributed by atoms with van der Waals surface area (Å²) in [5.74, 6) is -1.13. The van der Waals surface area contributed by atoms with Crippen molar-refractivity contribution >= 4 is 17.4 Å². The Hall–Kier alpha value is -3.17. The predicted molar refractivity (Wildman–Crippen MR) is 124 cm³/mol. The van der Waals surface area contributed by atoms with Crippen LogP contribution in [0.3, 0.4) is 0 Å². The number of anilines is 1. The van der Waals surface area contributed by atoms with E-state index >= 15 is 0 Å². The molecule has 0 bridgehead atoms. The number of hydrogen-bond donors (Lipinski definition) is 1. The van der Waals surface area contributed by atoms with Crippen molar-refractivity contribution in [2.24, 2.45) is 5.41 Å². The van der Waals surface area contributed by atoms with Crippen molar-refractivity contribution in [1.29, 1.82) is 0 Å². The Balaban J connectivity index is 1.89. The molecule has 35 heavy (non-hydrogen) atoms. The maximum absolute atomic E-state index is 14.7. The minimum absolute atomic E-state index is 0.0418. The van der Waals surface area contributed by atoms with Crippen LogP contribution in [0.5, 0.6) is 0 Å². The van der Waals surface area contributed by atoms with Gasteiger partial charge in [0.25, 0.3) is 0 Å². The van der Waals surface area contributed by atoms with Crippen molar-refractivity contribution in [2.45, 2.75) is 59.1 Å². The number of aryl methyl sites for hydroxylation is 1. The van der Waals surface area contributed by atoms with E-state index in [0.717, 1.165) is 23.4 Å². The van der Waals surface area contributed by atoms with Crippen LogP contribution < -0.4 is 4.90 Å². The molecule has 1 aromatic carbocycles. The van der Waals surface area contributed by atoms with E-state index in [-0.39, 0.29) is 17.2 Å². The molecule has 0 saturated carbocycles. The summed E-state index contributed by atoms with van der Waals surface area (Å²) >= 11 is 0. The van der Waals surface area contributed by atoms with E-state index in [9.17, 15) is 27.5 Å². The lowest BCUT2D eigenvalue weighted by Gasteiger charge is -2.41. The molecule has 0 amide bonds. The maximum Gasteiger partial charge on any atom is 0.416 e. The van der Waals surface area contributed by atoms with E-state index < -0.39 is 28.9 Å². The molecule has 1 fully saturated rings. The summed E-state index contributed by atoms with van der Waals surface area (Å²) in [6, 6.07) is 3.91. The highest BCUT2D eigenvalue weighted by Crippen LogP contribution is 2.40. The zero-order valence-electron chi connectivity index (χ0n) is 20.1. The first-order valence-electron chi connectivity index (χ1n) is 11.6. The SMILES string of the molecule is CC[C@@]1(C(=O)O)CCCN(c2c(C(C)C)c(C)nc3cc(-c4ccc(C(F)(F)F)cc4F)nn23)C1. The second-order valence-electron chi connectivity index (χ2n) is 9.55. The minimum atomic E-state index is -4.65. The summed E-state index contributed by atoms with van der Waals surface area (Å²) in [5, 5.41) is 14.5. The highest BCUT2D eigenvalue weighted by molar-refractivity contribution is 5.76. The van der Waals surface area contributed by atoms with Crippen LogP contribution in [0.2, 0.25) is 0 Å². The fourth-order valence-corrected chi connectivity index (χ4v) is 5.05. The summed E-state index contributed by atoms with van der Waals surface area (Å²) < 4.78 is 55.3. The number of carboxylic acid groups (broad SMARTS) is 1. The van der Waals surface area contributed by atoms with Crippen LogP contribution in [0, 0.1) is 18.2 Å². The molecule has 3 aromatic rings. The molecule has 1 saturated heterocycles. The van der Waals surface area contributed by atoms with E-state index in [1.165, 1.54) is 0 Å². The average Bonchev–Trinajstić information content (AvgIpc) is 3.20. The van der Waals surface area contributed by atoms with Crippen molar-refractivity contribution in [2.75, 3.05) is 18.0 Å². The number of piperidine rings is 1. The molecule has 188 valence electrons. The lowest BCUT2D eigenvalue weighted by atomic mass is 9.77. The zero-order chi connectivity index (χ0) is 25.7. The van der Waals surface area contributed by atoms with Crippen molar-refractivity contribution in [3.63, 3.8) is 0 Å². The Morgan fingerprint density at radius 3 is 2.54 bits per heavy atom. The number of aromatic nitrogens is 3. The van der Waals surface area contributed by atoms with Crippen LogP contribution in [0.4, 0.5) is 23.4 Å². The van der Waals surface area contributed by atoms with E-state index in [0.29, 0.717) is 49.9 Å². The normalized spacial score (nSPS) is 19.1. The minimum Gasteiger partial charge on any atom is -0.481 e. The number of hydrogen-bond acceptors (Lipinski definition) is 4. The van der Waals surface area contributed by atoms with E-state index in [4.69, 9.17) is 0 Å². The lowest BCUT2D eigenvalue weighted by molar-refractivity contribution is -0.149. The molecule has 4 rings (SSSR count). The van der Waals surface area contributed by atoms with E-state index in [2.05, 4.69) is 10.1 Å². The third kappa shape index (κ3) is 4.34. The molecule has 2 aromatic heterocycles. The lowest BCUT2D eigenvalue weighted by Crippen LogP contribution is -2.48. The topological polar surface area (TPSA) is 70.7 Å². The zero-order valence-corrected chi connectivity index (χ0v) is 20.1. The molecule has 1 atom stereocenters. The van der Waals surface area contributed by atoms with Gasteiger partial charge in [0.1, 0.15) is 11.6 Å². The Labute approximate surface area is 200 Å². The molecule has 1 N–H and O–H groups in total. The number of nitrogens with zero attached hydrogens (tertiary/aromatic N) is 4. The first-order chi connectivity index (χ1) is 16.4. The molecule has 0 spiro atoms. The number of halogens is 4. The van der Waals surface area contributed by atoms with Crippen molar-refractivity contribution in [1.82, 2.24) is 14.6 Å². The predicted octanol–water partition coefficient (Wildman–Crippen LogP) is 6.07. The van der Waals surface area contributed by atoms with Gasteiger partial charge in [0.15, 0.2) is 5.65 Å². The molecule has 0 aliphatic carbocycles. The molecule has 10 heteroatoms. The number of aliphatic carboxylic acids is 1. The fraction of sp³-hybridized carbons (Fsp3) is 0.480. The van der Waals surface area contributed by atoms with Gasteiger partial charge in [-0.3, -0.25) is 4.79 Å². The number of alkyl halides is 3. The van der Waals surface area contributed by atoms with Gasteiger partial charge in [-0.25, -0.2) is 9.37 Å². The summed E-state index contributed by atoms with van der Waals surface area (Å²) in [6.07, 6.45) is -2.92. The first-order valence-corrected chi connectivity index (χ1v) is 11.6. The quantitative estimate of drug-likeness (QED) is 0.438. The Morgan fingerprint density at radius 2 is 1.97 bits per heavy atom. The van der Waals surface area contributed by atoms with Gasteiger partial charge in [0.2, 0.25) is 0 Å². The van der Waals surface area contributed by atoms with Gasteiger partial charge in [-0.15, -0.1) is 0 Å². The van der Waals surface area contributed by atoms with E-state index in [1.54, 1.807) is 10.6 Å². The Kier molecular flexibility index (Phi) is 6.27. The summed E-state index contributed by atoms with van der Waals surface area (Å²) in [7, 11) is 0. The van der Waals surface area contributed by atoms with Gasteiger partial charge in [-0.2, -0.15) is 22.8 Å². The van der Waals surface area contributed by atoms with Crippen LogP contribution >= 0.6 is 0 Å². The van der Waals surface area contributed by atoms with Gasteiger partial charge in [-0.1, -0.05) is 20.8 Å².